The molecule has 0 aliphatic carbocycles. The molecule has 0 unspecified atom stereocenters. The fourth-order valence-corrected chi connectivity index (χ4v) is 3.65. The van der Waals surface area contributed by atoms with E-state index in [9.17, 15) is 13.2 Å². The molecule has 0 spiro atoms. The normalized spacial score (nSPS) is 11.2. The minimum absolute atomic E-state index is 0.159. The van der Waals surface area contributed by atoms with Gasteiger partial charge in [-0.05, 0) is 67.8 Å². The molecule has 0 fully saturated rings. The van der Waals surface area contributed by atoms with Crippen LogP contribution in [-0.2, 0) is 14.8 Å². The van der Waals surface area contributed by atoms with Gasteiger partial charge in [0.05, 0.1) is 4.90 Å². The van der Waals surface area contributed by atoms with Crippen molar-refractivity contribution in [2.24, 2.45) is 0 Å². The number of carbonyl (C=O) groups is 1. The minimum Gasteiger partial charge on any atom is -0.484 e. The average molecular weight is 391 g/mol. The van der Waals surface area contributed by atoms with Gasteiger partial charge < -0.3 is 10.1 Å². The van der Waals surface area contributed by atoms with Gasteiger partial charge in [-0.2, -0.15) is 0 Å². The Morgan fingerprint density at radius 3 is 2.26 bits per heavy atom. The molecule has 0 atom stereocenters. The van der Waals surface area contributed by atoms with Gasteiger partial charge in [0.15, 0.2) is 6.61 Å². The summed E-state index contributed by atoms with van der Waals surface area (Å²) in [5, 5.41) is 2.79. The smallest absolute Gasteiger partial charge is 0.262 e. The van der Waals surface area contributed by atoms with Crippen LogP contribution in [0.15, 0.2) is 47.4 Å². The van der Waals surface area contributed by atoms with Gasteiger partial charge in [-0.25, -0.2) is 13.1 Å². The van der Waals surface area contributed by atoms with E-state index in [-0.39, 0.29) is 17.4 Å². The predicted molar refractivity (Wildman–Crippen MR) is 107 cm³/mol. The van der Waals surface area contributed by atoms with E-state index in [0.717, 1.165) is 29.7 Å². The van der Waals surface area contributed by atoms with Crippen molar-refractivity contribution in [1.82, 2.24) is 4.72 Å². The second-order valence-corrected chi connectivity index (χ2v) is 8.20. The lowest BCUT2D eigenvalue weighted by molar-refractivity contribution is -0.118. The van der Waals surface area contributed by atoms with Crippen LogP contribution >= 0.6 is 0 Å². The first kappa shape index (κ1) is 20.9. The molecular formula is C20H26N2O4S. The number of amides is 1. The first-order valence-electron chi connectivity index (χ1n) is 8.91. The molecule has 1 amide bonds. The largest absolute Gasteiger partial charge is 0.484 e. The maximum absolute atomic E-state index is 12.1. The van der Waals surface area contributed by atoms with Gasteiger partial charge in [0, 0.05) is 12.2 Å². The first-order valence-corrected chi connectivity index (χ1v) is 10.4. The van der Waals surface area contributed by atoms with Crippen molar-refractivity contribution in [2.45, 2.75) is 38.5 Å². The van der Waals surface area contributed by atoms with Crippen molar-refractivity contribution < 1.29 is 17.9 Å². The summed E-state index contributed by atoms with van der Waals surface area (Å²) >= 11 is 0. The highest BCUT2D eigenvalue weighted by Crippen LogP contribution is 2.17. The predicted octanol–water partition coefficient (Wildman–Crippen LogP) is 3.40. The van der Waals surface area contributed by atoms with Crippen molar-refractivity contribution in [3.8, 4) is 5.75 Å². The standard InChI is InChI=1S/C20H26N2O4S/c1-4-5-10-21-27(24,25)19-8-6-18(7-9-19)26-14-20(23)22-17-12-15(2)11-16(3)13-17/h6-9,11-13,21H,4-5,10,14H2,1-3H3,(H,22,23). The topological polar surface area (TPSA) is 84.5 Å². The number of benzene rings is 2. The second-order valence-electron chi connectivity index (χ2n) is 6.44. The van der Waals surface area contributed by atoms with Crippen LogP contribution in [0, 0.1) is 13.8 Å². The number of sulfonamides is 1. The molecule has 2 rings (SSSR count). The van der Waals surface area contributed by atoms with Gasteiger partial charge >= 0.3 is 0 Å². The molecule has 6 nitrogen and oxygen atoms in total. The Morgan fingerprint density at radius 1 is 1.04 bits per heavy atom. The minimum atomic E-state index is -3.51. The zero-order valence-corrected chi connectivity index (χ0v) is 16.7. The number of anilines is 1. The number of hydrogen-bond acceptors (Lipinski definition) is 4. The lowest BCUT2D eigenvalue weighted by atomic mass is 10.1. The Balaban J connectivity index is 1.90. The van der Waals surface area contributed by atoms with Crippen LogP contribution in [0.5, 0.6) is 5.75 Å². The number of aryl methyl sites for hydroxylation is 2. The summed E-state index contributed by atoms with van der Waals surface area (Å²) in [5.74, 6) is 0.149. The molecule has 0 aromatic heterocycles. The van der Waals surface area contributed by atoms with Crippen molar-refractivity contribution in [2.75, 3.05) is 18.5 Å². The van der Waals surface area contributed by atoms with Crippen LogP contribution in [-0.4, -0.2) is 27.5 Å². The molecule has 0 radical (unpaired) electrons. The van der Waals surface area contributed by atoms with Crippen molar-refractivity contribution in [1.29, 1.82) is 0 Å². The number of hydrogen-bond donors (Lipinski definition) is 2. The quantitative estimate of drug-likeness (QED) is 0.643. The molecule has 0 aliphatic heterocycles. The van der Waals surface area contributed by atoms with Crippen LogP contribution in [0.4, 0.5) is 5.69 Å². The third-order valence-corrected chi connectivity index (χ3v) is 5.31. The molecule has 146 valence electrons. The van der Waals surface area contributed by atoms with Gasteiger partial charge in [-0.15, -0.1) is 0 Å². The lowest BCUT2D eigenvalue weighted by Crippen LogP contribution is -2.24. The summed E-state index contributed by atoms with van der Waals surface area (Å²) in [5.41, 5.74) is 2.85. The first-order chi connectivity index (χ1) is 12.8. The monoisotopic (exact) mass is 390 g/mol. The van der Waals surface area contributed by atoms with Crippen molar-refractivity contribution in [3.63, 3.8) is 0 Å². The van der Waals surface area contributed by atoms with Gasteiger partial charge in [0.2, 0.25) is 10.0 Å². The molecule has 0 saturated heterocycles. The SMILES string of the molecule is CCCCNS(=O)(=O)c1ccc(OCC(=O)Nc2cc(C)cc(C)c2)cc1. The van der Waals surface area contributed by atoms with Gasteiger partial charge in [0.25, 0.3) is 5.91 Å². The van der Waals surface area contributed by atoms with E-state index in [4.69, 9.17) is 4.74 Å². The van der Waals surface area contributed by atoms with E-state index < -0.39 is 10.0 Å². The molecule has 0 aliphatic rings. The molecule has 27 heavy (non-hydrogen) atoms. The molecule has 0 bridgehead atoms. The summed E-state index contributed by atoms with van der Waals surface area (Å²) in [4.78, 5) is 12.2. The highest BCUT2D eigenvalue weighted by molar-refractivity contribution is 7.89. The van der Waals surface area contributed by atoms with E-state index in [1.165, 1.54) is 12.1 Å². The van der Waals surface area contributed by atoms with E-state index in [1.54, 1.807) is 12.1 Å². The Labute approximate surface area is 161 Å². The maximum Gasteiger partial charge on any atom is 0.262 e. The Hall–Kier alpha value is -2.38. The zero-order valence-electron chi connectivity index (χ0n) is 15.9. The van der Waals surface area contributed by atoms with Gasteiger partial charge in [-0.1, -0.05) is 19.4 Å². The molecule has 2 N–H and O–H groups in total. The fourth-order valence-electron chi connectivity index (χ4n) is 2.57. The number of carbonyl (C=O) groups excluding carboxylic acids is 1. The van der Waals surface area contributed by atoms with Crippen LogP contribution in [0.3, 0.4) is 0 Å². The highest BCUT2D eigenvalue weighted by Gasteiger charge is 2.13. The van der Waals surface area contributed by atoms with Crippen LogP contribution in [0.2, 0.25) is 0 Å². The Kier molecular flexibility index (Phi) is 7.38. The lowest BCUT2D eigenvalue weighted by Gasteiger charge is -2.10. The highest BCUT2D eigenvalue weighted by atomic mass is 32.2. The summed E-state index contributed by atoms with van der Waals surface area (Å²) in [6, 6.07) is 11.8. The van der Waals surface area contributed by atoms with E-state index in [2.05, 4.69) is 10.0 Å². The van der Waals surface area contributed by atoms with E-state index in [0.29, 0.717) is 12.3 Å². The van der Waals surface area contributed by atoms with Gasteiger partial charge in [0.1, 0.15) is 5.75 Å². The maximum atomic E-state index is 12.1. The number of nitrogens with one attached hydrogen (secondary N) is 2. The summed E-state index contributed by atoms with van der Waals surface area (Å²) in [6.45, 7) is 6.18. The molecule has 0 saturated carbocycles. The average Bonchev–Trinajstić information content (AvgIpc) is 2.59. The molecular weight excluding hydrogens is 364 g/mol. The van der Waals surface area contributed by atoms with Crippen LogP contribution in [0.1, 0.15) is 30.9 Å². The van der Waals surface area contributed by atoms with Crippen LogP contribution < -0.4 is 14.8 Å². The van der Waals surface area contributed by atoms with Crippen molar-refractivity contribution >= 4 is 21.6 Å². The molecule has 2 aromatic carbocycles. The van der Waals surface area contributed by atoms with E-state index >= 15 is 0 Å². The molecule has 7 heteroatoms. The summed E-state index contributed by atoms with van der Waals surface area (Å²) in [7, 11) is -3.51. The summed E-state index contributed by atoms with van der Waals surface area (Å²) < 4.78 is 32.2. The van der Waals surface area contributed by atoms with Crippen molar-refractivity contribution in [3.05, 3.63) is 53.6 Å². The second kappa shape index (κ2) is 9.53. The Bertz CT molecular complexity index is 857. The fraction of sp³-hybridized carbons (Fsp3) is 0.350. The third kappa shape index (κ3) is 6.69. The van der Waals surface area contributed by atoms with Crippen LogP contribution in [0.25, 0.3) is 0 Å². The number of rotatable bonds is 9. The van der Waals surface area contributed by atoms with E-state index in [1.807, 2.05) is 39.0 Å². The van der Waals surface area contributed by atoms with Gasteiger partial charge in [-0.3, -0.25) is 4.79 Å². The Morgan fingerprint density at radius 2 is 1.67 bits per heavy atom. The number of unbranched alkanes of at least 4 members (excludes halogenated alkanes) is 1. The third-order valence-electron chi connectivity index (χ3n) is 3.83. The molecule has 0 heterocycles. The summed E-state index contributed by atoms with van der Waals surface area (Å²) in [6.07, 6.45) is 1.70. The zero-order chi connectivity index (χ0) is 19.9. The number of ether oxygens (including phenoxy) is 1. The molecule has 2 aromatic rings.